The summed E-state index contributed by atoms with van der Waals surface area (Å²) in [7, 11) is 0. The Morgan fingerprint density at radius 1 is 1.04 bits per heavy atom. The van der Waals surface area contributed by atoms with Gasteiger partial charge in [-0.15, -0.1) is 5.10 Å². The smallest absolute Gasteiger partial charge is 0.322 e. The number of carbonyl (C=O) groups excluding carboxylic acids is 1. The van der Waals surface area contributed by atoms with Gasteiger partial charge in [-0.1, -0.05) is 23.3 Å². The van der Waals surface area contributed by atoms with Crippen molar-refractivity contribution in [3.05, 3.63) is 53.7 Å². The summed E-state index contributed by atoms with van der Waals surface area (Å²) in [6, 6.07) is 10.8. The number of nitrogens with zero attached hydrogens (tertiary/aromatic N) is 2. The number of nitrogens with one attached hydrogen (secondary N) is 1. The van der Waals surface area contributed by atoms with Crippen LogP contribution in [0.15, 0.2) is 49.6 Å². The van der Waals surface area contributed by atoms with Crippen LogP contribution >= 0.6 is 0 Å². The average Bonchev–Trinajstić information content (AvgIpc) is 3.25. The van der Waals surface area contributed by atoms with E-state index in [1.54, 1.807) is 25.1 Å². The van der Waals surface area contributed by atoms with Crippen molar-refractivity contribution in [3.8, 4) is 11.5 Å². The molecule has 0 fully saturated rings. The van der Waals surface area contributed by atoms with Gasteiger partial charge in [-0.3, -0.25) is 10.1 Å². The first-order chi connectivity index (χ1) is 11.6. The standard InChI is InChI=1S/C17H13N3O4/c1-9-7-12(10(2)22-9)16-19-20-17(24-16)18-15(21)14-8-11-5-3-4-6-13(11)23-14/h3-8H,1-2H3,(H,18,20,21). The number of hydrogen-bond acceptors (Lipinski definition) is 6. The zero-order chi connectivity index (χ0) is 16.7. The highest BCUT2D eigenvalue weighted by atomic mass is 16.4. The maximum atomic E-state index is 12.2. The van der Waals surface area contributed by atoms with Crippen LogP contribution in [0.4, 0.5) is 6.01 Å². The van der Waals surface area contributed by atoms with Crippen LogP contribution in [0.3, 0.4) is 0 Å². The summed E-state index contributed by atoms with van der Waals surface area (Å²) in [5.41, 5.74) is 1.34. The van der Waals surface area contributed by atoms with Crippen molar-refractivity contribution in [2.75, 3.05) is 5.32 Å². The van der Waals surface area contributed by atoms with Crippen molar-refractivity contribution in [1.29, 1.82) is 0 Å². The van der Waals surface area contributed by atoms with Gasteiger partial charge in [-0.05, 0) is 32.0 Å². The largest absolute Gasteiger partial charge is 0.466 e. The van der Waals surface area contributed by atoms with E-state index in [4.69, 9.17) is 13.3 Å². The molecule has 0 aliphatic rings. The van der Waals surface area contributed by atoms with Gasteiger partial charge in [0.05, 0.1) is 5.56 Å². The Labute approximate surface area is 136 Å². The summed E-state index contributed by atoms with van der Waals surface area (Å²) in [4.78, 5) is 12.2. The lowest BCUT2D eigenvalue weighted by Crippen LogP contribution is -2.10. The molecule has 0 unspecified atom stereocenters. The molecule has 0 saturated heterocycles. The molecule has 0 atom stereocenters. The summed E-state index contributed by atoms with van der Waals surface area (Å²) in [6.45, 7) is 3.64. The Bertz CT molecular complexity index is 1010. The molecule has 3 heterocycles. The molecule has 0 aliphatic carbocycles. The molecular weight excluding hydrogens is 310 g/mol. The lowest BCUT2D eigenvalue weighted by Gasteiger charge is -1.95. The third kappa shape index (κ3) is 2.45. The van der Waals surface area contributed by atoms with Crippen molar-refractivity contribution < 1.29 is 18.0 Å². The van der Waals surface area contributed by atoms with Gasteiger partial charge in [0.1, 0.15) is 17.1 Å². The second kappa shape index (κ2) is 5.38. The van der Waals surface area contributed by atoms with E-state index >= 15 is 0 Å². The van der Waals surface area contributed by atoms with Gasteiger partial charge < -0.3 is 13.3 Å². The molecule has 1 amide bonds. The van der Waals surface area contributed by atoms with Crippen LogP contribution in [0.25, 0.3) is 22.4 Å². The Hall–Kier alpha value is -3.35. The molecule has 24 heavy (non-hydrogen) atoms. The lowest BCUT2D eigenvalue weighted by atomic mass is 10.2. The maximum Gasteiger partial charge on any atom is 0.322 e. The number of amides is 1. The van der Waals surface area contributed by atoms with Gasteiger partial charge in [-0.25, -0.2) is 0 Å². The van der Waals surface area contributed by atoms with E-state index in [0.717, 1.165) is 11.1 Å². The first kappa shape index (κ1) is 14.3. The van der Waals surface area contributed by atoms with E-state index in [1.807, 2.05) is 25.1 Å². The molecule has 120 valence electrons. The van der Waals surface area contributed by atoms with Gasteiger partial charge >= 0.3 is 6.01 Å². The Morgan fingerprint density at radius 2 is 1.88 bits per heavy atom. The van der Waals surface area contributed by atoms with Crippen LogP contribution in [0.5, 0.6) is 0 Å². The number of rotatable bonds is 3. The van der Waals surface area contributed by atoms with Crippen molar-refractivity contribution in [1.82, 2.24) is 10.2 Å². The zero-order valence-electron chi connectivity index (χ0n) is 13.0. The molecule has 7 heteroatoms. The van der Waals surface area contributed by atoms with E-state index in [-0.39, 0.29) is 17.7 Å². The van der Waals surface area contributed by atoms with E-state index in [2.05, 4.69) is 15.5 Å². The fourth-order valence-corrected chi connectivity index (χ4v) is 2.48. The summed E-state index contributed by atoms with van der Waals surface area (Å²) in [5.74, 6) is 1.41. The molecule has 7 nitrogen and oxygen atoms in total. The number of para-hydroxylation sites is 1. The number of aromatic nitrogens is 2. The van der Waals surface area contributed by atoms with Crippen molar-refractivity contribution >= 4 is 22.9 Å². The molecule has 0 radical (unpaired) electrons. The minimum Gasteiger partial charge on any atom is -0.466 e. The number of carbonyl (C=O) groups is 1. The van der Waals surface area contributed by atoms with E-state index < -0.39 is 5.91 Å². The van der Waals surface area contributed by atoms with Crippen LogP contribution in [0.1, 0.15) is 22.1 Å². The van der Waals surface area contributed by atoms with E-state index in [9.17, 15) is 4.79 Å². The molecular formula is C17H13N3O4. The molecule has 4 rings (SSSR count). The molecule has 0 spiro atoms. The SMILES string of the molecule is Cc1cc(-c2nnc(NC(=O)c3cc4ccccc4o3)o2)c(C)o1. The lowest BCUT2D eigenvalue weighted by molar-refractivity contribution is 0.0996. The second-order valence-corrected chi connectivity index (χ2v) is 5.34. The third-order valence-electron chi connectivity index (χ3n) is 3.57. The molecule has 3 aromatic heterocycles. The quantitative estimate of drug-likeness (QED) is 0.613. The number of anilines is 1. The summed E-state index contributed by atoms with van der Waals surface area (Å²) in [6.07, 6.45) is 0. The van der Waals surface area contributed by atoms with Gasteiger partial charge in [0.2, 0.25) is 0 Å². The second-order valence-electron chi connectivity index (χ2n) is 5.34. The topological polar surface area (TPSA) is 94.3 Å². The first-order valence-electron chi connectivity index (χ1n) is 7.31. The average molecular weight is 323 g/mol. The van der Waals surface area contributed by atoms with Gasteiger partial charge in [0, 0.05) is 5.39 Å². The highest BCUT2D eigenvalue weighted by Crippen LogP contribution is 2.27. The summed E-state index contributed by atoms with van der Waals surface area (Å²) >= 11 is 0. The molecule has 1 aromatic carbocycles. The zero-order valence-corrected chi connectivity index (χ0v) is 13.0. The number of hydrogen-bond donors (Lipinski definition) is 1. The van der Waals surface area contributed by atoms with Crippen molar-refractivity contribution in [2.45, 2.75) is 13.8 Å². The number of benzene rings is 1. The predicted molar refractivity (Wildman–Crippen MR) is 85.6 cm³/mol. The fourth-order valence-electron chi connectivity index (χ4n) is 2.48. The minimum atomic E-state index is -0.457. The highest BCUT2D eigenvalue weighted by Gasteiger charge is 2.18. The van der Waals surface area contributed by atoms with Crippen LogP contribution in [0.2, 0.25) is 0 Å². The summed E-state index contributed by atoms with van der Waals surface area (Å²) < 4.78 is 16.4. The molecule has 0 aliphatic heterocycles. The monoisotopic (exact) mass is 323 g/mol. The van der Waals surface area contributed by atoms with Crippen LogP contribution < -0.4 is 5.32 Å². The number of fused-ring (bicyclic) bond motifs is 1. The van der Waals surface area contributed by atoms with E-state index in [0.29, 0.717) is 16.9 Å². The van der Waals surface area contributed by atoms with Crippen LogP contribution in [-0.2, 0) is 0 Å². The summed E-state index contributed by atoms with van der Waals surface area (Å²) in [5, 5.41) is 11.1. The van der Waals surface area contributed by atoms with Crippen LogP contribution in [0, 0.1) is 13.8 Å². The minimum absolute atomic E-state index is 0.00582. The molecule has 0 bridgehead atoms. The van der Waals surface area contributed by atoms with Gasteiger partial charge in [-0.2, -0.15) is 0 Å². The Morgan fingerprint density at radius 3 is 2.62 bits per heavy atom. The Balaban J connectivity index is 1.57. The molecule has 4 aromatic rings. The predicted octanol–water partition coefficient (Wildman–Crippen LogP) is 3.94. The highest BCUT2D eigenvalue weighted by molar-refractivity contribution is 6.03. The maximum absolute atomic E-state index is 12.2. The number of furan rings is 2. The van der Waals surface area contributed by atoms with Gasteiger partial charge in [0.25, 0.3) is 11.8 Å². The molecule has 0 saturated carbocycles. The molecule has 1 N–H and O–H groups in total. The normalized spacial score (nSPS) is 11.1. The van der Waals surface area contributed by atoms with Gasteiger partial charge in [0.15, 0.2) is 5.76 Å². The fraction of sp³-hybridized carbons (Fsp3) is 0.118. The van der Waals surface area contributed by atoms with Crippen molar-refractivity contribution in [3.63, 3.8) is 0 Å². The van der Waals surface area contributed by atoms with Crippen molar-refractivity contribution in [2.24, 2.45) is 0 Å². The third-order valence-corrected chi connectivity index (χ3v) is 3.57. The Kier molecular flexibility index (Phi) is 3.19. The van der Waals surface area contributed by atoms with Crippen LogP contribution in [-0.4, -0.2) is 16.1 Å². The van der Waals surface area contributed by atoms with E-state index in [1.165, 1.54) is 0 Å². The number of aryl methyl sites for hydroxylation is 2. The first-order valence-corrected chi connectivity index (χ1v) is 7.31.